The number of nitrogens with zero attached hydrogens (tertiary/aromatic N) is 3. The van der Waals surface area contributed by atoms with Crippen molar-refractivity contribution >= 4 is 30.1 Å². The van der Waals surface area contributed by atoms with Crippen LogP contribution in [0.1, 0.15) is 11.3 Å². The molecule has 0 saturated heterocycles. The van der Waals surface area contributed by atoms with E-state index in [1.165, 1.54) is 10.7 Å². The Hall–Kier alpha value is -0.670. The van der Waals surface area contributed by atoms with Crippen LogP contribution < -0.4 is 0 Å². The fourth-order valence-electron chi connectivity index (χ4n) is 1.35. The molecule has 0 amide bonds. The monoisotopic (exact) mass is 365 g/mol. The average molecular weight is 365 g/mol. The summed E-state index contributed by atoms with van der Waals surface area (Å²) in [7, 11) is 1.62. The predicted molar refractivity (Wildman–Crippen MR) is 72.6 cm³/mol. The van der Waals surface area contributed by atoms with E-state index < -0.39 is 5.82 Å². The normalized spacial score (nSPS) is 10.8. The van der Waals surface area contributed by atoms with Gasteiger partial charge in [0, 0.05) is 11.3 Å². The highest BCUT2D eigenvalue weighted by molar-refractivity contribution is 14.2. The van der Waals surface area contributed by atoms with Gasteiger partial charge in [-0.3, -0.25) is 0 Å². The Morgan fingerprint density at radius 1 is 1.47 bits per heavy atom. The highest BCUT2D eigenvalue weighted by Crippen LogP contribution is 2.18. The number of benzene rings is 1. The van der Waals surface area contributed by atoms with Crippen LogP contribution in [0.25, 0.3) is 5.69 Å². The SMILES string of the molecule is OCc1ccc(-n2cc(CSI)nn2)cc1F. The molecule has 0 atom stereocenters. The standard InChI is InChI=1S/C10H9FIN3OS/c11-10-3-9(2-1-7(10)5-16)15-4-8(6-17-12)13-14-15/h1-4,16H,5-6H2. The van der Waals surface area contributed by atoms with Gasteiger partial charge in [-0.05, 0) is 33.3 Å². The molecule has 17 heavy (non-hydrogen) atoms. The van der Waals surface area contributed by atoms with E-state index in [1.807, 2.05) is 0 Å². The summed E-state index contributed by atoms with van der Waals surface area (Å²) in [5, 5.41) is 16.8. The Balaban J connectivity index is 2.29. The highest BCUT2D eigenvalue weighted by atomic mass is 127. The van der Waals surface area contributed by atoms with E-state index in [4.69, 9.17) is 5.11 Å². The fraction of sp³-hybridized carbons (Fsp3) is 0.200. The van der Waals surface area contributed by atoms with Crippen molar-refractivity contribution in [2.45, 2.75) is 12.4 Å². The second-order valence-corrected chi connectivity index (χ2v) is 5.72. The molecule has 1 aromatic carbocycles. The van der Waals surface area contributed by atoms with Gasteiger partial charge in [-0.15, -0.1) is 5.10 Å². The van der Waals surface area contributed by atoms with E-state index in [-0.39, 0.29) is 12.2 Å². The minimum absolute atomic E-state index is 0.275. The first kappa shape index (κ1) is 12.8. The van der Waals surface area contributed by atoms with E-state index in [0.29, 0.717) is 5.69 Å². The zero-order valence-corrected chi connectivity index (χ0v) is 11.7. The van der Waals surface area contributed by atoms with Gasteiger partial charge in [-0.1, -0.05) is 20.2 Å². The van der Waals surface area contributed by atoms with Crippen molar-refractivity contribution in [1.82, 2.24) is 15.0 Å². The first-order valence-corrected chi connectivity index (χ1v) is 8.32. The van der Waals surface area contributed by atoms with Crippen molar-refractivity contribution in [2.75, 3.05) is 0 Å². The summed E-state index contributed by atoms with van der Waals surface area (Å²) in [5.74, 6) is 0.322. The Labute approximate surface area is 114 Å². The maximum atomic E-state index is 13.5. The van der Waals surface area contributed by atoms with Crippen LogP contribution in [0, 0.1) is 5.82 Å². The minimum Gasteiger partial charge on any atom is -0.392 e. The van der Waals surface area contributed by atoms with E-state index in [1.54, 1.807) is 27.3 Å². The molecule has 1 aromatic heterocycles. The molecule has 7 heteroatoms. The van der Waals surface area contributed by atoms with Gasteiger partial charge in [0.25, 0.3) is 0 Å². The van der Waals surface area contributed by atoms with Gasteiger partial charge in [0.1, 0.15) is 5.82 Å². The van der Waals surface area contributed by atoms with Crippen molar-refractivity contribution in [3.05, 3.63) is 41.5 Å². The Morgan fingerprint density at radius 2 is 2.29 bits per heavy atom. The largest absolute Gasteiger partial charge is 0.392 e. The molecule has 1 heterocycles. The molecule has 4 nitrogen and oxygen atoms in total. The van der Waals surface area contributed by atoms with Gasteiger partial charge >= 0.3 is 0 Å². The van der Waals surface area contributed by atoms with Crippen molar-refractivity contribution in [1.29, 1.82) is 0 Å². The fourth-order valence-corrected chi connectivity index (χ4v) is 2.55. The molecule has 90 valence electrons. The van der Waals surface area contributed by atoms with Crippen LogP contribution >= 0.6 is 30.1 Å². The van der Waals surface area contributed by atoms with Crippen molar-refractivity contribution < 1.29 is 9.50 Å². The molecule has 0 aliphatic rings. The Kier molecular flexibility index (Phi) is 4.35. The van der Waals surface area contributed by atoms with E-state index in [0.717, 1.165) is 11.4 Å². The smallest absolute Gasteiger partial charge is 0.130 e. The third-order valence-corrected chi connectivity index (χ3v) is 3.55. The van der Waals surface area contributed by atoms with Crippen molar-refractivity contribution in [3.8, 4) is 5.69 Å². The second-order valence-electron chi connectivity index (χ2n) is 3.34. The van der Waals surface area contributed by atoms with Gasteiger partial charge in [0.2, 0.25) is 0 Å². The molecule has 0 fully saturated rings. The molecule has 0 saturated carbocycles. The number of hydrogen-bond acceptors (Lipinski definition) is 4. The summed E-state index contributed by atoms with van der Waals surface area (Å²) >= 11 is 2.18. The number of halogens is 2. The average Bonchev–Trinajstić information content (AvgIpc) is 2.78. The molecule has 0 spiro atoms. The van der Waals surface area contributed by atoms with Crippen LogP contribution in [0.15, 0.2) is 24.4 Å². The Bertz CT molecular complexity index is 520. The quantitative estimate of drug-likeness (QED) is 0.846. The molecular weight excluding hydrogens is 356 g/mol. The summed E-state index contributed by atoms with van der Waals surface area (Å²) in [6, 6.07) is 4.57. The van der Waals surface area contributed by atoms with Crippen LogP contribution in [0.3, 0.4) is 0 Å². The molecular formula is C10H9FIN3OS. The number of aromatic nitrogens is 3. The lowest BCUT2D eigenvalue weighted by atomic mass is 10.2. The zero-order valence-electron chi connectivity index (χ0n) is 8.68. The van der Waals surface area contributed by atoms with Crippen LogP contribution in [0.4, 0.5) is 4.39 Å². The first-order valence-electron chi connectivity index (χ1n) is 4.79. The van der Waals surface area contributed by atoms with Gasteiger partial charge in [-0.2, -0.15) is 0 Å². The minimum atomic E-state index is -0.440. The number of rotatable bonds is 4. The molecule has 0 unspecified atom stereocenters. The van der Waals surface area contributed by atoms with Gasteiger partial charge < -0.3 is 5.11 Å². The number of hydrogen-bond donors (Lipinski definition) is 1. The van der Waals surface area contributed by atoms with Crippen LogP contribution in [-0.4, -0.2) is 20.1 Å². The first-order chi connectivity index (χ1) is 8.24. The lowest BCUT2D eigenvalue weighted by Gasteiger charge is -2.03. The third-order valence-electron chi connectivity index (χ3n) is 2.21. The summed E-state index contributed by atoms with van der Waals surface area (Å²) in [4.78, 5) is 0. The zero-order chi connectivity index (χ0) is 12.3. The highest BCUT2D eigenvalue weighted by Gasteiger charge is 2.06. The summed E-state index contributed by atoms with van der Waals surface area (Å²) in [6.45, 7) is -0.305. The van der Waals surface area contributed by atoms with Gasteiger partial charge in [0.05, 0.1) is 24.2 Å². The second kappa shape index (κ2) is 5.78. The van der Waals surface area contributed by atoms with Crippen LogP contribution in [-0.2, 0) is 12.4 Å². The maximum Gasteiger partial charge on any atom is 0.130 e. The lowest BCUT2D eigenvalue weighted by molar-refractivity contribution is 0.275. The molecule has 0 radical (unpaired) electrons. The third kappa shape index (κ3) is 2.96. The summed E-state index contributed by atoms with van der Waals surface area (Å²) in [5.41, 5.74) is 1.71. The molecule has 2 aromatic rings. The number of aliphatic hydroxyl groups excluding tert-OH is 1. The van der Waals surface area contributed by atoms with Crippen LogP contribution in [0.5, 0.6) is 0 Å². The summed E-state index contributed by atoms with van der Waals surface area (Å²) in [6.07, 6.45) is 1.76. The topological polar surface area (TPSA) is 50.9 Å². The van der Waals surface area contributed by atoms with E-state index in [2.05, 4.69) is 31.5 Å². The Morgan fingerprint density at radius 3 is 2.94 bits per heavy atom. The molecule has 0 aliphatic carbocycles. The number of aliphatic hydroxyl groups is 1. The van der Waals surface area contributed by atoms with E-state index in [9.17, 15) is 4.39 Å². The van der Waals surface area contributed by atoms with Crippen molar-refractivity contribution in [2.24, 2.45) is 0 Å². The van der Waals surface area contributed by atoms with Gasteiger partial charge in [-0.25, -0.2) is 9.07 Å². The summed E-state index contributed by atoms with van der Waals surface area (Å²) < 4.78 is 15.0. The predicted octanol–water partition coefficient (Wildman–Crippen LogP) is 2.48. The van der Waals surface area contributed by atoms with Gasteiger partial charge in [0.15, 0.2) is 0 Å². The van der Waals surface area contributed by atoms with Crippen molar-refractivity contribution in [3.63, 3.8) is 0 Å². The maximum absolute atomic E-state index is 13.5. The molecule has 2 rings (SSSR count). The molecule has 1 N–H and O–H groups in total. The molecule has 0 bridgehead atoms. The van der Waals surface area contributed by atoms with Crippen LogP contribution in [0.2, 0.25) is 0 Å². The van der Waals surface area contributed by atoms with E-state index >= 15 is 0 Å². The molecule has 0 aliphatic heterocycles. The lowest BCUT2D eigenvalue weighted by Crippen LogP contribution is -1.98.